The normalized spacial score (nSPS) is 10.6. The van der Waals surface area contributed by atoms with E-state index >= 15 is 0 Å². The maximum Gasteiger partial charge on any atom is 0.282 e. The number of carbonyl (C=O) groups is 1. The number of carbonyl (C=O) groups excluding carboxylic acids is 1. The molecule has 1 N–H and O–H groups in total. The van der Waals surface area contributed by atoms with Crippen LogP contribution in [-0.4, -0.2) is 30.6 Å². The van der Waals surface area contributed by atoms with Gasteiger partial charge in [0, 0.05) is 36.9 Å². The number of benzene rings is 1. The third-order valence-corrected chi connectivity index (χ3v) is 3.99. The van der Waals surface area contributed by atoms with E-state index in [0.717, 1.165) is 5.56 Å². The molecule has 0 spiro atoms. The average Bonchev–Trinajstić information content (AvgIpc) is 3.18. The zero-order valence-electron chi connectivity index (χ0n) is 14.7. The highest BCUT2D eigenvalue weighted by molar-refractivity contribution is 5.96. The summed E-state index contributed by atoms with van der Waals surface area (Å²) in [5.74, 6) is -0.0288. The summed E-state index contributed by atoms with van der Waals surface area (Å²) in [4.78, 5) is 25.4. The molecule has 0 atom stereocenters. The Morgan fingerprint density at radius 3 is 2.43 bits per heavy atom. The molecule has 0 radical (unpaired) electrons. The van der Waals surface area contributed by atoms with Crippen LogP contribution in [0.4, 0.5) is 10.3 Å². The van der Waals surface area contributed by atoms with Gasteiger partial charge in [0.2, 0.25) is 5.95 Å². The number of pyridine rings is 2. The highest BCUT2D eigenvalue weighted by Crippen LogP contribution is 2.18. The van der Waals surface area contributed by atoms with Crippen molar-refractivity contribution in [3.63, 3.8) is 0 Å². The van der Waals surface area contributed by atoms with Crippen LogP contribution in [-0.2, 0) is 6.54 Å². The number of rotatable bonds is 5. The van der Waals surface area contributed by atoms with Gasteiger partial charge in [0.25, 0.3) is 5.91 Å². The summed E-state index contributed by atoms with van der Waals surface area (Å²) in [6.45, 7) is 0.353. The summed E-state index contributed by atoms with van der Waals surface area (Å²) in [7, 11) is 0. The first-order valence-electron chi connectivity index (χ1n) is 8.51. The fourth-order valence-corrected chi connectivity index (χ4v) is 2.58. The van der Waals surface area contributed by atoms with Crippen molar-refractivity contribution in [1.29, 1.82) is 0 Å². The summed E-state index contributed by atoms with van der Waals surface area (Å²) in [6.07, 6.45) is 6.33. The standard InChI is InChI=1S/C20H15FN6O/c21-17-7-5-14(6-8-17)11-24-20-25-18(15-3-1-9-22-12-15)26-27(20)19(28)16-4-2-10-23-13-16/h1-10,12-13H,11H2,(H,24,25,26). The van der Waals surface area contributed by atoms with E-state index in [1.54, 1.807) is 48.9 Å². The summed E-state index contributed by atoms with van der Waals surface area (Å²) in [5, 5.41) is 7.44. The van der Waals surface area contributed by atoms with Crippen molar-refractivity contribution in [3.8, 4) is 11.4 Å². The van der Waals surface area contributed by atoms with Gasteiger partial charge in [-0.2, -0.15) is 9.67 Å². The lowest BCUT2D eigenvalue weighted by Crippen LogP contribution is -2.17. The molecule has 0 aliphatic rings. The van der Waals surface area contributed by atoms with Crippen LogP contribution in [0.15, 0.2) is 73.3 Å². The summed E-state index contributed by atoms with van der Waals surface area (Å²) < 4.78 is 14.3. The Labute approximate surface area is 159 Å². The van der Waals surface area contributed by atoms with Crippen molar-refractivity contribution in [1.82, 2.24) is 24.7 Å². The van der Waals surface area contributed by atoms with E-state index < -0.39 is 0 Å². The fraction of sp³-hybridized carbons (Fsp3) is 0.0500. The van der Waals surface area contributed by atoms with E-state index in [0.29, 0.717) is 23.5 Å². The van der Waals surface area contributed by atoms with Gasteiger partial charge in [-0.05, 0) is 42.0 Å². The predicted octanol–water partition coefficient (Wildman–Crippen LogP) is 3.17. The second-order valence-corrected chi connectivity index (χ2v) is 5.94. The molecule has 7 nitrogen and oxygen atoms in total. The third-order valence-electron chi connectivity index (χ3n) is 3.99. The van der Waals surface area contributed by atoms with Crippen LogP contribution in [0.5, 0.6) is 0 Å². The van der Waals surface area contributed by atoms with Gasteiger partial charge in [-0.1, -0.05) is 12.1 Å². The van der Waals surface area contributed by atoms with Crippen molar-refractivity contribution in [3.05, 3.63) is 90.3 Å². The molecule has 3 aromatic heterocycles. The largest absolute Gasteiger partial charge is 0.350 e. The molecule has 4 aromatic rings. The lowest BCUT2D eigenvalue weighted by atomic mass is 10.2. The molecular weight excluding hydrogens is 359 g/mol. The Morgan fingerprint density at radius 2 is 1.75 bits per heavy atom. The number of halogens is 1. The summed E-state index contributed by atoms with van der Waals surface area (Å²) in [6, 6.07) is 13.0. The molecule has 0 unspecified atom stereocenters. The van der Waals surface area contributed by atoms with E-state index in [2.05, 4.69) is 25.4 Å². The van der Waals surface area contributed by atoms with Crippen LogP contribution in [0.3, 0.4) is 0 Å². The molecule has 0 aliphatic heterocycles. The maximum absolute atomic E-state index is 13.1. The first kappa shape index (κ1) is 17.5. The van der Waals surface area contributed by atoms with E-state index in [4.69, 9.17) is 0 Å². The Kier molecular flexibility index (Phi) is 4.83. The number of anilines is 1. The van der Waals surface area contributed by atoms with E-state index in [-0.39, 0.29) is 17.7 Å². The number of nitrogens with one attached hydrogen (secondary N) is 1. The van der Waals surface area contributed by atoms with Gasteiger partial charge in [-0.15, -0.1) is 5.10 Å². The zero-order valence-corrected chi connectivity index (χ0v) is 14.7. The van der Waals surface area contributed by atoms with E-state index in [1.165, 1.54) is 23.0 Å². The van der Waals surface area contributed by atoms with E-state index in [1.807, 2.05) is 6.07 Å². The minimum absolute atomic E-state index is 0.275. The van der Waals surface area contributed by atoms with Crippen LogP contribution >= 0.6 is 0 Å². The molecule has 0 saturated carbocycles. The number of nitrogens with zero attached hydrogens (tertiary/aromatic N) is 5. The van der Waals surface area contributed by atoms with Gasteiger partial charge in [0.1, 0.15) is 5.82 Å². The second kappa shape index (κ2) is 7.75. The van der Waals surface area contributed by atoms with Gasteiger partial charge < -0.3 is 5.32 Å². The van der Waals surface area contributed by atoms with Crippen LogP contribution in [0.25, 0.3) is 11.4 Å². The molecular formula is C20H15FN6O. The average molecular weight is 374 g/mol. The Bertz CT molecular complexity index is 1080. The third kappa shape index (κ3) is 3.75. The molecule has 28 heavy (non-hydrogen) atoms. The molecule has 138 valence electrons. The molecule has 3 heterocycles. The summed E-state index contributed by atoms with van der Waals surface area (Å²) in [5.41, 5.74) is 1.91. The molecule has 4 rings (SSSR count). The van der Waals surface area contributed by atoms with Gasteiger partial charge >= 0.3 is 0 Å². The monoisotopic (exact) mass is 374 g/mol. The van der Waals surface area contributed by atoms with Crippen molar-refractivity contribution in [2.45, 2.75) is 6.54 Å². The predicted molar refractivity (Wildman–Crippen MR) is 101 cm³/mol. The number of hydrogen-bond donors (Lipinski definition) is 1. The molecule has 0 amide bonds. The van der Waals surface area contributed by atoms with Crippen LogP contribution < -0.4 is 5.32 Å². The Hall–Kier alpha value is -3.94. The molecule has 0 saturated heterocycles. The first-order valence-corrected chi connectivity index (χ1v) is 8.51. The lowest BCUT2D eigenvalue weighted by molar-refractivity contribution is 0.0947. The van der Waals surface area contributed by atoms with Gasteiger partial charge in [0.05, 0.1) is 5.56 Å². The molecule has 1 aromatic carbocycles. The quantitative estimate of drug-likeness (QED) is 0.577. The minimum atomic E-state index is -0.364. The van der Waals surface area contributed by atoms with Gasteiger partial charge in [-0.3, -0.25) is 14.8 Å². The van der Waals surface area contributed by atoms with Crippen LogP contribution in [0, 0.1) is 5.82 Å². The number of hydrogen-bond acceptors (Lipinski definition) is 6. The fourth-order valence-electron chi connectivity index (χ4n) is 2.58. The highest BCUT2D eigenvalue weighted by atomic mass is 19.1. The second-order valence-electron chi connectivity index (χ2n) is 5.94. The first-order chi connectivity index (χ1) is 13.7. The summed E-state index contributed by atoms with van der Waals surface area (Å²) >= 11 is 0. The van der Waals surface area contributed by atoms with Crippen molar-refractivity contribution < 1.29 is 9.18 Å². The minimum Gasteiger partial charge on any atom is -0.350 e. The SMILES string of the molecule is O=C(c1cccnc1)n1nc(-c2cccnc2)nc1NCc1ccc(F)cc1. The topological polar surface area (TPSA) is 85.6 Å². The number of aromatic nitrogens is 5. The van der Waals surface area contributed by atoms with Crippen LogP contribution in [0.1, 0.15) is 15.9 Å². The lowest BCUT2D eigenvalue weighted by Gasteiger charge is -2.07. The molecule has 0 bridgehead atoms. The van der Waals surface area contributed by atoms with Crippen LogP contribution in [0.2, 0.25) is 0 Å². The van der Waals surface area contributed by atoms with E-state index in [9.17, 15) is 9.18 Å². The van der Waals surface area contributed by atoms with Gasteiger partial charge in [0.15, 0.2) is 5.82 Å². The van der Waals surface area contributed by atoms with Crippen molar-refractivity contribution in [2.75, 3.05) is 5.32 Å². The van der Waals surface area contributed by atoms with Gasteiger partial charge in [-0.25, -0.2) is 4.39 Å². The smallest absolute Gasteiger partial charge is 0.282 e. The Balaban J connectivity index is 1.67. The van der Waals surface area contributed by atoms with Crippen molar-refractivity contribution in [2.24, 2.45) is 0 Å². The zero-order chi connectivity index (χ0) is 19.3. The maximum atomic E-state index is 13.1. The highest BCUT2D eigenvalue weighted by Gasteiger charge is 2.19. The van der Waals surface area contributed by atoms with Crippen molar-refractivity contribution >= 4 is 11.9 Å². The Morgan fingerprint density at radius 1 is 1.00 bits per heavy atom. The molecule has 0 aliphatic carbocycles. The molecule has 8 heteroatoms. The molecule has 0 fully saturated rings.